The molecule has 0 aliphatic heterocycles. The molecule has 0 fully saturated rings. The molecule has 0 bridgehead atoms. The van der Waals surface area contributed by atoms with Crippen molar-refractivity contribution >= 4 is 28.2 Å². The number of carboxylic acid groups (broad SMARTS) is 1. The second-order valence-corrected chi connectivity index (χ2v) is 6.82. The number of methoxy groups -OCH3 is 3. The molecule has 1 amide bonds. The van der Waals surface area contributed by atoms with Crippen molar-refractivity contribution in [1.82, 2.24) is 0 Å². The zero-order chi connectivity index (χ0) is 18.8. The zero-order valence-corrected chi connectivity index (χ0v) is 15.5. The Labute approximate surface area is 154 Å². The summed E-state index contributed by atoms with van der Waals surface area (Å²) in [6.45, 7) is 0. The highest BCUT2D eigenvalue weighted by Crippen LogP contribution is 2.40. The Kier molecular flexibility index (Phi) is 5.03. The molecule has 138 valence electrons. The normalized spacial score (nSPS) is 12.4. The van der Waals surface area contributed by atoms with Crippen LogP contribution in [0.4, 0.5) is 5.00 Å². The Balaban J connectivity index is 1.95. The Hall–Kier alpha value is -2.74. The van der Waals surface area contributed by atoms with Crippen LogP contribution in [-0.2, 0) is 12.8 Å². The largest absolute Gasteiger partial charge is 0.545 e. The van der Waals surface area contributed by atoms with Crippen molar-refractivity contribution < 1.29 is 28.9 Å². The van der Waals surface area contributed by atoms with Crippen molar-refractivity contribution in [3.05, 3.63) is 33.7 Å². The van der Waals surface area contributed by atoms with Crippen LogP contribution >= 0.6 is 11.3 Å². The summed E-state index contributed by atoms with van der Waals surface area (Å²) in [6, 6.07) is 3.02. The number of rotatable bonds is 6. The van der Waals surface area contributed by atoms with Gasteiger partial charge in [-0.05, 0) is 37.0 Å². The Morgan fingerprint density at radius 1 is 1.08 bits per heavy atom. The van der Waals surface area contributed by atoms with Gasteiger partial charge in [0.1, 0.15) is 5.00 Å². The van der Waals surface area contributed by atoms with Crippen molar-refractivity contribution in [3.8, 4) is 17.2 Å². The molecule has 26 heavy (non-hydrogen) atoms. The minimum atomic E-state index is -1.27. The average molecular weight is 376 g/mol. The van der Waals surface area contributed by atoms with Crippen molar-refractivity contribution in [2.45, 2.75) is 19.3 Å². The van der Waals surface area contributed by atoms with Crippen molar-refractivity contribution in [2.75, 3.05) is 26.6 Å². The summed E-state index contributed by atoms with van der Waals surface area (Å²) in [5.41, 5.74) is 1.12. The first-order valence-corrected chi connectivity index (χ1v) is 8.79. The molecule has 7 nitrogen and oxygen atoms in total. The number of benzene rings is 1. The summed E-state index contributed by atoms with van der Waals surface area (Å²) in [6.07, 6.45) is 2.43. The molecule has 0 atom stereocenters. The van der Waals surface area contributed by atoms with Crippen LogP contribution in [0, 0.1) is 0 Å². The number of thiophene rings is 1. The topological polar surface area (TPSA) is 96.9 Å². The van der Waals surface area contributed by atoms with E-state index in [0.29, 0.717) is 28.7 Å². The number of aryl methyl sites for hydroxylation is 1. The molecular formula is C18H18NO6S-. The van der Waals surface area contributed by atoms with Crippen LogP contribution in [0.25, 0.3) is 0 Å². The molecule has 1 N–H and O–H groups in total. The minimum absolute atomic E-state index is 0.0864. The smallest absolute Gasteiger partial charge is 0.256 e. The third kappa shape index (κ3) is 3.08. The number of carboxylic acids is 1. The van der Waals surface area contributed by atoms with Gasteiger partial charge >= 0.3 is 0 Å². The Morgan fingerprint density at radius 3 is 2.27 bits per heavy atom. The Morgan fingerprint density at radius 2 is 1.73 bits per heavy atom. The maximum atomic E-state index is 12.7. The SMILES string of the molecule is COc1cc(C(=O)Nc2sc3c(c2C(=O)[O-])CCC3)cc(OC)c1OC. The quantitative estimate of drug-likeness (QED) is 0.827. The van der Waals surface area contributed by atoms with Crippen LogP contribution in [0.1, 0.15) is 37.6 Å². The fourth-order valence-corrected chi connectivity index (χ4v) is 4.37. The number of carbonyl (C=O) groups excluding carboxylic acids is 2. The molecule has 0 saturated carbocycles. The number of anilines is 1. The van der Waals surface area contributed by atoms with E-state index in [1.54, 1.807) is 0 Å². The molecule has 1 aliphatic carbocycles. The van der Waals surface area contributed by atoms with Gasteiger partial charge in [-0.15, -0.1) is 11.3 Å². The first-order valence-electron chi connectivity index (χ1n) is 7.97. The number of hydrogen-bond acceptors (Lipinski definition) is 7. The lowest BCUT2D eigenvalue weighted by atomic mass is 10.1. The molecule has 1 aliphatic rings. The number of amides is 1. The van der Waals surface area contributed by atoms with E-state index in [2.05, 4.69) is 5.32 Å². The number of ether oxygens (including phenoxy) is 3. The van der Waals surface area contributed by atoms with Crippen LogP contribution in [0.3, 0.4) is 0 Å². The van der Waals surface area contributed by atoms with Gasteiger partial charge in [0, 0.05) is 16.0 Å². The third-order valence-corrected chi connectivity index (χ3v) is 5.49. The van der Waals surface area contributed by atoms with Gasteiger partial charge in [0.2, 0.25) is 5.75 Å². The van der Waals surface area contributed by atoms with Gasteiger partial charge in [0.25, 0.3) is 5.91 Å². The van der Waals surface area contributed by atoms with Crippen LogP contribution in [0.5, 0.6) is 17.2 Å². The van der Waals surface area contributed by atoms with Gasteiger partial charge in [0.05, 0.1) is 27.3 Å². The summed E-state index contributed by atoms with van der Waals surface area (Å²) in [5.74, 6) is -0.690. The highest BCUT2D eigenvalue weighted by Gasteiger charge is 2.25. The highest BCUT2D eigenvalue weighted by atomic mass is 32.1. The van der Waals surface area contributed by atoms with E-state index < -0.39 is 11.9 Å². The van der Waals surface area contributed by atoms with E-state index in [1.165, 1.54) is 44.8 Å². The predicted molar refractivity (Wildman–Crippen MR) is 94.7 cm³/mol. The van der Waals surface area contributed by atoms with Gasteiger partial charge in [-0.25, -0.2) is 0 Å². The second kappa shape index (κ2) is 7.25. The summed E-state index contributed by atoms with van der Waals surface area (Å²) in [5, 5.41) is 14.5. The standard InChI is InChI=1S/C18H19NO6S/c1-23-11-7-9(8-12(24-2)15(11)25-3)16(20)19-17-14(18(21)22)10-5-4-6-13(10)26-17/h7-8H,4-6H2,1-3H3,(H,19,20)(H,21,22)/p-1. The van der Waals surface area contributed by atoms with Crippen molar-refractivity contribution in [1.29, 1.82) is 0 Å². The lowest BCUT2D eigenvalue weighted by Gasteiger charge is -2.14. The molecule has 0 spiro atoms. The number of fused-ring (bicyclic) bond motifs is 1. The van der Waals surface area contributed by atoms with E-state index in [4.69, 9.17) is 14.2 Å². The molecule has 1 heterocycles. The fraction of sp³-hybridized carbons (Fsp3) is 0.333. The van der Waals surface area contributed by atoms with Crippen molar-refractivity contribution in [3.63, 3.8) is 0 Å². The maximum absolute atomic E-state index is 12.7. The second-order valence-electron chi connectivity index (χ2n) is 5.72. The van der Waals surface area contributed by atoms with E-state index in [0.717, 1.165) is 23.3 Å². The Bertz CT molecular complexity index is 848. The van der Waals surface area contributed by atoms with Gasteiger partial charge in [0.15, 0.2) is 11.5 Å². The van der Waals surface area contributed by atoms with E-state index in [1.807, 2.05) is 0 Å². The van der Waals surface area contributed by atoms with Crippen LogP contribution in [0.15, 0.2) is 12.1 Å². The molecule has 3 rings (SSSR count). The van der Waals surface area contributed by atoms with Crippen molar-refractivity contribution in [2.24, 2.45) is 0 Å². The van der Waals surface area contributed by atoms with Crippen LogP contribution < -0.4 is 24.6 Å². The molecule has 2 aromatic rings. The lowest BCUT2D eigenvalue weighted by Crippen LogP contribution is -2.25. The van der Waals surface area contributed by atoms with Gasteiger partial charge in [-0.3, -0.25) is 4.79 Å². The monoisotopic (exact) mass is 376 g/mol. The molecule has 1 aromatic carbocycles. The summed E-state index contributed by atoms with van der Waals surface area (Å²) in [4.78, 5) is 25.2. The lowest BCUT2D eigenvalue weighted by molar-refractivity contribution is -0.254. The number of aromatic carboxylic acids is 1. The van der Waals surface area contributed by atoms with Gasteiger partial charge < -0.3 is 29.4 Å². The molecule has 0 saturated heterocycles. The molecular weight excluding hydrogens is 358 g/mol. The zero-order valence-electron chi connectivity index (χ0n) is 14.6. The fourth-order valence-electron chi connectivity index (χ4n) is 3.10. The summed E-state index contributed by atoms with van der Waals surface area (Å²) in [7, 11) is 4.38. The predicted octanol–water partition coefficient (Wildman–Crippen LogP) is 1.88. The molecule has 0 unspecified atom stereocenters. The molecule has 1 aromatic heterocycles. The van der Waals surface area contributed by atoms with Gasteiger partial charge in [-0.1, -0.05) is 0 Å². The van der Waals surface area contributed by atoms with Gasteiger partial charge in [-0.2, -0.15) is 0 Å². The number of carbonyl (C=O) groups is 2. The average Bonchev–Trinajstić information content (AvgIpc) is 3.20. The van der Waals surface area contributed by atoms with E-state index >= 15 is 0 Å². The minimum Gasteiger partial charge on any atom is -0.545 e. The number of nitrogens with one attached hydrogen (secondary N) is 1. The summed E-state index contributed by atoms with van der Waals surface area (Å²) >= 11 is 1.29. The van der Waals surface area contributed by atoms with Crippen LogP contribution in [-0.4, -0.2) is 33.2 Å². The maximum Gasteiger partial charge on any atom is 0.256 e. The molecule has 0 radical (unpaired) electrons. The first kappa shape index (κ1) is 18.1. The first-order chi connectivity index (χ1) is 12.5. The van der Waals surface area contributed by atoms with Crippen LogP contribution in [0.2, 0.25) is 0 Å². The number of hydrogen-bond donors (Lipinski definition) is 1. The third-order valence-electron chi connectivity index (χ3n) is 4.28. The molecule has 8 heteroatoms. The highest BCUT2D eigenvalue weighted by molar-refractivity contribution is 7.17. The van der Waals surface area contributed by atoms with E-state index in [9.17, 15) is 14.7 Å². The van der Waals surface area contributed by atoms with E-state index in [-0.39, 0.29) is 11.1 Å². The summed E-state index contributed by atoms with van der Waals surface area (Å²) < 4.78 is 15.7.